The minimum absolute atomic E-state index is 0.184. The van der Waals surface area contributed by atoms with Crippen molar-refractivity contribution in [1.82, 2.24) is 0 Å². The number of rotatable bonds is 4. The van der Waals surface area contributed by atoms with E-state index in [1.807, 2.05) is 12.1 Å². The molecule has 0 atom stereocenters. The van der Waals surface area contributed by atoms with Crippen molar-refractivity contribution in [3.8, 4) is 0 Å². The molecular weight excluding hydrogens is 199 g/mol. The summed E-state index contributed by atoms with van der Waals surface area (Å²) in [6, 6.07) is 6.61. The van der Waals surface area contributed by atoms with Gasteiger partial charge in [0.25, 0.3) is 0 Å². The lowest BCUT2D eigenvalue weighted by atomic mass is 10.1. The van der Waals surface area contributed by atoms with E-state index < -0.39 is 0 Å². The fraction of sp³-hybridized carbons (Fsp3) is 0.333. The van der Waals surface area contributed by atoms with Gasteiger partial charge in [0.2, 0.25) is 0 Å². The summed E-state index contributed by atoms with van der Waals surface area (Å²) in [6.07, 6.45) is 3.89. The van der Waals surface area contributed by atoms with Crippen LogP contribution in [0.15, 0.2) is 35.9 Å². The molecule has 0 heterocycles. The van der Waals surface area contributed by atoms with Gasteiger partial charge in [-0.1, -0.05) is 23.8 Å². The van der Waals surface area contributed by atoms with Gasteiger partial charge < -0.3 is 0 Å². The molecule has 0 saturated carbocycles. The normalized spacial score (nSPS) is 11.8. The first kappa shape index (κ1) is 11.3. The summed E-state index contributed by atoms with van der Waals surface area (Å²) in [4.78, 5) is 0. The van der Waals surface area contributed by atoms with Gasteiger partial charge in [0.15, 0.2) is 0 Å². The van der Waals surface area contributed by atoms with E-state index in [1.54, 1.807) is 0 Å². The summed E-state index contributed by atoms with van der Waals surface area (Å²) < 4.78 is 12.6. The highest BCUT2D eigenvalue weighted by Crippen LogP contribution is 2.09. The Morgan fingerprint density at radius 3 is 2.57 bits per heavy atom. The van der Waals surface area contributed by atoms with Crippen LogP contribution < -0.4 is 0 Å². The molecule has 0 radical (unpaired) electrons. The van der Waals surface area contributed by atoms with Gasteiger partial charge in [-0.15, -0.1) is 11.6 Å². The summed E-state index contributed by atoms with van der Waals surface area (Å²) in [5.41, 5.74) is 2.41. The molecule has 76 valence electrons. The highest BCUT2D eigenvalue weighted by molar-refractivity contribution is 6.17. The Bertz CT molecular complexity index is 301. The standard InChI is InChI=1S/C12H14ClF/c1-10(3-2-8-13)9-11-4-6-12(14)7-5-11/h3-7H,2,8-9H2,1H3. The average molecular weight is 213 g/mol. The predicted octanol–water partition coefficient (Wildman–Crippen LogP) is 3.94. The number of benzene rings is 1. The van der Waals surface area contributed by atoms with Gasteiger partial charge in [0.05, 0.1) is 0 Å². The maximum Gasteiger partial charge on any atom is 0.123 e. The summed E-state index contributed by atoms with van der Waals surface area (Å²) in [6.45, 7) is 2.07. The van der Waals surface area contributed by atoms with Gasteiger partial charge in [-0.2, -0.15) is 0 Å². The third kappa shape index (κ3) is 3.93. The molecule has 0 fully saturated rings. The largest absolute Gasteiger partial charge is 0.207 e. The molecule has 1 aromatic rings. The summed E-state index contributed by atoms with van der Waals surface area (Å²) in [5, 5.41) is 0. The van der Waals surface area contributed by atoms with Crippen LogP contribution in [0.4, 0.5) is 4.39 Å². The van der Waals surface area contributed by atoms with E-state index >= 15 is 0 Å². The average Bonchev–Trinajstić information content (AvgIpc) is 2.18. The molecule has 0 nitrogen and oxygen atoms in total. The van der Waals surface area contributed by atoms with Crippen LogP contribution in [0, 0.1) is 5.82 Å². The van der Waals surface area contributed by atoms with Crippen LogP contribution in [0.25, 0.3) is 0 Å². The van der Waals surface area contributed by atoms with Crippen LogP contribution in [-0.4, -0.2) is 5.88 Å². The first-order chi connectivity index (χ1) is 6.72. The third-order valence-corrected chi connectivity index (χ3v) is 2.22. The minimum atomic E-state index is -0.184. The molecule has 0 spiro atoms. The molecule has 0 aliphatic rings. The van der Waals surface area contributed by atoms with Crippen LogP contribution in [0.1, 0.15) is 18.9 Å². The molecule has 0 amide bonds. The van der Waals surface area contributed by atoms with Crippen molar-refractivity contribution in [2.45, 2.75) is 19.8 Å². The smallest absolute Gasteiger partial charge is 0.123 e. The fourth-order valence-corrected chi connectivity index (χ4v) is 1.41. The van der Waals surface area contributed by atoms with E-state index in [2.05, 4.69) is 13.0 Å². The highest BCUT2D eigenvalue weighted by atomic mass is 35.5. The Kier molecular flexibility index (Phi) is 4.68. The second-order valence-electron chi connectivity index (χ2n) is 3.33. The van der Waals surface area contributed by atoms with Gasteiger partial charge in [0, 0.05) is 5.88 Å². The molecule has 14 heavy (non-hydrogen) atoms. The molecule has 0 aromatic heterocycles. The molecular formula is C12H14ClF. The topological polar surface area (TPSA) is 0 Å². The molecule has 2 heteroatoms. The van der Waals surface area contributed by atoms with Gasteiger partial charge in [0.1, 0.15) is 5.82 Å². The zero-order valence-electron chi connectivity index (χ0n) is 8.26. The lowest BCUT2D eigenvalue weighted by Crippen LogP contribution is -1.87. The first-order valence-corrected chi connectivity index (χ1v) is 5.22. The number of alkyl halides is 1. The van der Waals surface area contributed by atoms with E-state index in [4.69, 9.17) is 11.6 Å². The SMILES string of the molecule is CC(=CCCCl)Cc1ccc(F)cc1. The Morgan fingerprint density at radius 1 is 1.36 bits per heavy atom. The lowest BCUT2D eigenvalue weighted by Gasteiger charge is -2.01. The Hall–Kier alpha value is -0.820. The van der Waals surface area contributed by atoms with Gasteiger partial charge in [-0.25, -0.2) is 4.39 Å². The van der Waals surface area contributed by atoms with Crippen LogP contribution in [0.2, 0.25) is 0 Å². The summed E-state index contributed by atoms with van der Waals surface area (Å²) >= 11 is 5.58. The zero-order chi connectivity index (χ0) is 10.4. The molecule has 0 N–H and O–H groups in total. The first-order valence-electron chi connectivity index (χ1n) is 4.68. The van der Waals surface area contributed by atoms with E-state index in [9.17, 15) is 4.39 Å². The van der Waals surface area contributed by atoms with Crippen LogP contribution in [-0.2, 0) is 6.42 Å². The van der Waals surface area contributed by atoms with E-state index in [0.717, 1.165) is 18.4 Å². The molecule has 0 bridgehead atoms. The fourth-order valence-electron chi connectivity index (χ4n) is 1.30. The third-order valence-electron chi connectivity index (χ3n) is 2.00. The lowest BCUT2D eigenvalue weighted by molar-refractivity contribution is 0.627. The van der Waals surface area contributed by atoms with Gasteiger partial charge in [-0.05, 0) is 37.5 Å². The molecule has 1 aromatic carbocycles. The van der Waals surface area contributed by atoms with Crippen molar-refractivity contribution < 1.29 is 4.39 Å². The maximum atomic E-state index is 12.6. The maximum absolute atomic E-state index is 12.6. The number of halogens is 2. The van der Waals surface area contributed by atoms with Gasteiger partial charge >= 0.3 is 0 Å². The Labute approximate surface area is 89.4 Å². The predicted molar refractivity (Wildman–Crippen MR) is 59.2 cm³/mol. The van der Waals surface area contributed by atoms with Crippen LogP contribution in [0.3, 0.4) is 0 Å². The van der Waals surface area contributed by atoms with Crippen LogP contribution >= 0.6 is 11.6 Å². The van der Waals surface area contributed by atoms with E-state index in [0.29, 0.717) is 5.88 Å². The number of hydrogen-bond donors (Lipinski definition) is 0. The molecule has 1 rings (SSSR count). The van der Waals surface area contributed by atoms with E-state index in [-0.39, 0.29) is 5.82 Å². The van der Waals surface area contributed by atoms with Crippen molar-refractivity contribution in [1.29, 1.82) is 0 Å². The second kappa shape index (κ2) is 5.82. The molecule has 0 unspecified atom stereocenters. The van der Waals surface area contributed by atoms with Crippen molar-refractivity contribution in [3.05, 3.63) is 47.3 Å². The van der Waals surface area contributed by atoms with Crippen LogP contribution in [0.5, 0.6) is 0 Å². The summed E-state index contributed by atoms with van der Waals surface area (Å²) in [5.74, 6) is 0.469. The second-order valence-corrected chi connectivity index (χ2v) is 3.71. The Morgan fingerprint density at radius 2 is 2.00 bits per heavy atom. The van der Waals surface area contributed by atoms with Gasteiger partial charge in [-0.3, -0.25) is 0 Å². The number of allylic oxidation sites excluding steroid dienone is 2. The minimum Gasteiger partial charge on any atom is -0.207 e. The van der Waals surface area contributed by atoms with Crippen molar-refractivity contribution >= 4 is 11.6 Å². The Balaban J connectivity index is 2.56. The quantitative estimate of drug-likeness (QED) is 0.524. The number of hydrogen-bond acceptors (Lipinski definition) is 0. The highest BCUT2D eigenvalue weighted by Gasteiger charge is 1.95. The molecule has 0 aliphatic heterocycles. The molecule has 0 saturated heterocycles. The summed E-state index contributed by atoms with van der Waals surface area (Å²) in [7, 11) is 0. The molecule has 0 aliphatic carbocycles. The van der Waals surface area contributed by atoms with Crippen molar-refractivity contribution in [3.63, 3.8) is 0 Å². The van der Waals surface area contributed by atoms with Crippen molar-refractivity contribution in [2.24, 2.45) is 0 Å². The van der Waals surface area contributed by atoms with Crippen molar-refractivity contribution in [2.75, 3.05) is 5.88 Å². The zero-order valence-corrected chi connectivity index (χ0v) is 9.02. The van der Waals surface area contributed by atoms with E-state index in [1.165, 1.54) is 17.7 Å². The monoisotopic (exact) mass is 212 g/mol.